The molecule has 0 aliphatic carbocycles. The van der Waals surface area contributed by atoms with Crippen molar-refractivity contribution in [2.45, 2.75) is 25.8 Å². The lowest BCUT2D eigenvalue weighted by Gasteiger charge is -2.14. The lowest BCUT2D eigenvalue weighted by atomic mass is 10.1. The van der Waals surface area contributed by atoms with Crippen LogP contribution in [0.25, 0.3) is 0 Å². The van der Waals surface area contributed by atoms with Crippen LogP contribution in [0.4, 0.5) is 8.78 Å². The molecule has 98 valence electrons. The Kier molecular flexibility index (Phi) is 4.76. The first kappa shape index (κ1) is 14.1. The maximum absolute atomic E-state index is 13.3. The molecule has 2 N–H and O–H groups in total. The minimum absolute atomic E-state index is 0.192. The van der Waals surface area contributed by atoms with Gasteiger partial charge in [0.05, 0.1) is 0 Å². The SMILES string of the molecule is CCCC(NC(=O)c1c(F)cccc1F)C(=O)O. The second-order valence-corrected chi connectivity index (χ2v) is 3.75. The molecule has 0 bridgehead atoms. The lowest BCUT2D eigenvalue weighted by molar-refractivity contribution is -0.139. The molecule has 0 heterocycles. The third kappa shape index (κ3) is 3.26. The number of benzene rings is 1. The van der Waals surface area contributed by atoms with Crippen LogP contribution in [0.5, 0.6) is 0 Å². The van der Waals surface area contributed by atoms with E-state index in [4.69, 9.17) is 5.11 Å². The fourth-order valence-electron chi connectivity index (χ4n) is 1.49. The molecule has 0 aliphatic rings. The van der Waals surface area contributed by atoms with Crippen molar-refractivity contribution < 1.29 is 23.5 Å². The minimum atomic E-state index is -1.23. The van der Waals surface area contributed by atoms with E-state index >= 15 is 0 Å². The predicted octanol–water partition coefficient (Wildman–Crippen LogP) is 1.95. The zero-order chi connectivity index (χ0) is 13.7. The van der Waals surface area contributed by atoms with Gasteiger partial charge in [-0.2, -0.15) is 0 Å². The highest BCUT2D eigenvalue weighted by atomic mass is 19.1. The molecule has 1 aromatic rings. The Balaban J connectivity index is 2.90. The van der Waals surface area contributed by atoms with Crippen LogP contribution in [-0.4, -0.2) is 23.0 Å². The largest absolute Gasteiger partial charge is 0.480 e. The number of hydrogen-bond donors (Lipinski definition) is 2. The van der Waals surface area contributed by atoms with Crippen LogP contribution in [0.3, 0.4) is 0 Å². The number of hydrogen-bond acceptors (Lipinski definition) is 2. The Bertz CT molecular complexity index is 442. The van der Waals surface area contributed by atoms with Gasteiger partial charge in [-0.25, -0.2) is 13.6 Å². The van der Waals surface area contributed by atoms with Crippen LogP contribution in [0.15, 0.2) is 18.2 Å². The molecule has 0 aliphatic heterocycles. The predicted molar refractivity (Wildman–Crippen MR) is 60.2 cm³/mol. The highest BCUT2D eigenvalue weighted by molar-refractivity contribution is 5.97. The zero-order valence-electron chi connectivity index (χ0n) is 9.74. The van der Waals surface area contributed by atoms with Gasteiger partial charge in [-0.05, 0) is 18.6 Å². The topological polar surface area (TPSA) is 66.4 Å². The van der Waals surface area contributed by atoms with Gasteiger partial charge in [0.25, 0.3) is 5.91 Å². The molecule has 1 amide bonds. The van der Waals surface area contributed by atoms with Crippen LogP contribution < -0.4 is 5.32 Å². The Morgan fingerprint density at radius 1 is 1.33 bits per heavy atom. The number of carboxylic acid groups (broad SMARTS) is 1. The summed E-state index contributed by atoms with van der Waals surface area (Å²) < 4.78 is 26.6. The van der Waals surface area contributed by atoms with Gasteiger partial charge in [0.2, 0.25) is 0 Å². The maximum Gasteiger partial charge on any atom is 0.326 e. The first-order valence-electron chi connectivity index (χ1n) is 5.45. The molecule has 1 aromatic carbocycles. The van der Waals surface area contributed by atoms with Gasteiger partial charge in [-0.1, -0.05) is 19.4 Å². The number of carboxylic acids is 1. The quantitative estimate of drug-likeness (QED) is 0.847. The van der Waals surface area contributed by atoms with Gasteiger partial charge in [0.15, 0.2) is 0 Å². The molecule has 6 heteroatoms. The Labute approximate surface area is 103 Å². The molecule has 0 saturated heterocycles. The summed E-state index contributed by atoms with van der Waals surface area (Å²) in [7, 11) is 0. The molecule has 0 aromatic heterocycles. The average molecular weight is 257 g/mol. The normalized spacial score (nSPS) is 11.9. The number of aliphatic carboxylic acids is 1. The molecule has 0 saturated carbocycles. The first-order valence-corrected chi connectivity index (χ1v) is 5.45. The second kappa shape index (κ2) is 6.09. The van der Waals surface area contributed by atoms with Crippen molar-refractivity contribution in [2.75, 3.05) is 0 Å². The summed E-state index contributed by atoms with van der Waals surface area (Å²) >= 11 is 0. The van der Waals surface area contributed by atoms with Crippen molar-refractivity contribution in [1.82, 2.24) is 5.32 Å². The van der Waals surface area contributed by atoms with Gasteiger partial charge in [-0.15, -0.1) is 0 Å². The number of carbonyl (C=O) groups is 2. The summed E-state index contributed by atoms with van der Waals surface area (Å²) in [6.45, 7) is 1.74. The second-order valence-electron chi connectivity index (χ2n) is 3.75. The molecule has 0 spiro atoms. The number of carbonyl (C=O) groups excluding carboxylic acids is 1. The average Bonchev–Trinajstić information content (AvgIpc) is 2.28. The molecule has 0 fully saturated rings. The maximum atomic E-state index is 13.3. The van der Waals surface area contributed by atoms with Crippen molar-refractivity contribution in [1.29, 1.82) is 0 Å². The van der Waals surface area contributed by atoms with E-state index in [1.807, 2.05) is 0 Å². The summed E-state index contributed by atoms with van der Waals surface area (Å²) in [5.74, 6) is -4.34. The highest BCUT2D eigenvalue weighted by Gasteiger charge is 2.23. The molecule has 4 nitrogen and oxygen atoms in total. The van der Waals surface area contributed by atoms with E-state index in [9.17, 15) is 18.4 Å². The summed E-state index contributed by atoms with van der Waals surface area (Å²) in [4.78, 5) is 22.4. The molecular formula is C12H13F2NO3. The smallest absolute Gasteiger partial charge is 0.326 e. The number of halogens is 2. The van der Waals surface area contributed by atoms with E-state index in [2.05, 4.69) is 5.32 Å². The number of nitrogens with one attached hydrogen (secondary N) is 1. The van der Waals surface area contributed by atoms with E-state index in [-0.39, 0.29) is 6.42 Å². The summed E-state index contributed by atoms with van der Waals surface area (Å²) in [5.41, 5.74) is -0.764. The number of amides is 1. The molecular weight excluding hydrogens is 244 g/mol. The standard InChI is InChI=1S/C12H13F2NO3/c1-2-4-9(12(17)18)15-11(16)10-7(13)5-3-6-8(10)14/h3,5-6,9H,2,4H2,1H3,(H,15,16)(H,17,18). The summed E-state index contributed by atoms with van der Waals surface area (Å²) in [5, 5.41) is 10.9. The third-order valence-corrected chi connectivity index (χ3v) is 2.37. The van der Waals surface area contributed by atoms with Crippen LogP contribution in [0.2, 0.25) is 0 Å². The Morgan fingerprint density at radius 2 is 1.89 bits per heavy atom. The van der Waals surface area contributed by atoms with E-state index in [0.717, 1.165) is 18.2 Å². The van der Waals surface area contributed by atoms with E-state index in [0.29, 0.717) is 6.42 Å². The van der Waals surface area contributed by atoms with Crippen molar-refractivity contribution in [2.24, 2.45) is 0 Å². The van der Waals surface area contributed by atoms with E-state index in [1.54, 1.807) is 6.92 Å². The molecule has 1 unspecified atom stereocenters. The first-order chi connectivity index (χ1) is 8.47. The van der Waals surface area contributed by atoms with Crippen LogP contribution in [-0.2, 0) is 4.79 Å². The van der Waals surface area contributed by atoms with E-state index < -0.39 is 35.1 Å². The van der Waals surface area contributed by atoms with Gasteiger partial charge in [0, 0.05) is 0 Å². The van der Waals surface area contributed by atoms with Crippen molar-refractivity contribution in [3.8, 4) is 0 Å². The fraction of sp³-hybridized carbons (Fsp3) is 0.333. The molecule has 1 rings (SSSR count). The van der Waals surface area contributed by atoms with E-state index in [1.165, 1.54) is 0 Å². The van der Waals surface area contributed by atoms with Crippen molar-refractivity contribution in [3.63, 3.8) is 0 Å². The summed E-state index contributed by atoms with van der Waals surface area (Å²) in [6.07, 6.45) is 0.716. The van der Waals surface area contributed by atoms with Gasteiger partial charge in [0.1, 0.15) is 23.2 Å². The van der Waals surface area contributed by atoms with Gasteiger partial charge < -0.3 is 10.4 Å². The summed E-state index contributed by atoms with van der Waals surface area (Å²) in [6, 6.07) is 1.85. The molecule has 1 atom stereocenters. The van der Waals surface area contributed by atoms with Crippen LogP contribution in [0.1, 0.15) is 30.1 Å². The van der Waals surface area contributed by atoms with Gasteiger partial charge >= 0.3 is 5.97 Å². The van der Waals surface area contributed by atoms with Crippen molar-refractivity contribution in [3.05, 3.63) is 35.4 Å². The molecule has 0 radical (unpaired) electrons. The van der Waals surface area contributed by atoms with Crippen molar-refractivity contribution >= 4 is 11.9 Å². The lowest BCUT2D eigenvalue weighted by Crippen LogP contribution is -2.41. The highest BCUT2D eigenvalue weighted by Crippen LogP contribution is 2.12. The Morgan fingerprint density at radius 3 is 2.33 bits per heavy atom. The fourth-order valence-corrected chi connectivity index (χ4v) is 1.49. The molecule has 18 heavy (non-hydrogen) atoms. The Hall–Kier alpha value is -1.98. The number of rotatable bonds is 5. The van der Waals surface area contributed by atoms with Gasteiger partial charge in [-0.3, -0.25) is 4.79 Å². The monoisotopic (exact) mass is 257 g/mol. The third-order valence-electron chi connectivity index (χ3n) is 2.37. The zero-order valence-corrected chi connectivity index (χ0v) is 9.74. The van der Waals surface area contributed by atoms with Crippen LogP contribution >= 0.6 is 0 Å². The van der Waals surface area contributed by atoms with Crippen LogP contribution in [0, 0.1) is 11.6 Å². The minimum Gasteiger partial charge on any atom is -0.480 e.